The number of carbonyl (C=O) groups excluding carboxylic acids is 2. The normalized spacial score (nSPS) is 13.7. The molecule has 0 atom stereocenters. The van der Waals surface area contributed by atoms with Crippen molar-refractivity contribution in [2.75, 3.05) is 6.61 Å². The summed E-state index contributed by atoms with van der Waals surface area (Å²) in [6, 6.07) is 9.16. The highest BCUT2D eigenvalue weighted by Crippen LogP contribution is 2.31. The zero-order valence-corrected chi connectivity index (χ0v) is 13.5. The lowest BCUT2D eigenvalue weighted by molar-refractivity contribution is -0.385. The lowest BCUT2D eigenvalue weighted by Crippen LogP contribution is -2.29. The van der Waals surface area contributed by atoms with Gasteiger partial charge in [0.25, 0.3) is 17.5 Å². The summed E-state index contributed by atoms with van der Waals surface area (Å²) < 4.78 is 41.0. The van der Waals surface area contributed by atoms with Crippen molar-refractivity contribution in [2.45, 2.75) is 12.7 Å². The van der Waals surface area contributed by atoms with Gasteiger partial charge in [-0.15, -0.1) is 0 Å². The lowest BCUT2D eigenvalue weighted by atomic mass is 10.1. The van der Waals surface area contributed by atoms with Crippen LogP contribution in [-0.4, -0.2) is 34.4 Å². The number of alkyl halides is 3. The number of nitrogens with zero attached hydrogens (tertiary/aromatic N) is 2. The van der Waals surface area contributed by atoms with Gasteiger partial charge in [-0.1, -0.05) is 18.2 Å². The van der Waals surface area contributed by atoms with E-state index in [0.717, 1.165) is 11.0 Å². The summed E-state index contributed by atoms with van der Waals surface area (Å²) in [5, 5.41) is 11.1. The number of fused-ring (bicyclic) bond motifs is 1. The first kappa shape index (κ1) is 18.4. The van der Waals surface area contributed by atoms with E-state index >= 15 is 0 Å². The lowest BCUT2D eigenvalue weighted by Gasteiger charge is -2.14. The van der Waals surface area contributed by atoms with Gasteiger partial charge in [-0.3, -0.25) is 24.6 Å². The summed E-state index contributed by atoms with van der Waals surface area (Å²) in [5.41, 5.74) is -0.326. The van der Waals surface area contributed by atoms with E-state index in [1.807, 2.05) is 0 Å². The second-order valence-electron chi connectivity index (χ2n) is 5.70. The molecule has 2 aromatic rings. The number of nitro groups is 1. The summed E-state index contributed by atoms with van der Waals surface area (Å²) in [6.45, 7) is -1.61. The number of hydrogen-bond acceptors (Lipinski definition) is 5. The average molecular weight is 380 g/mol. The van der Waals surface area contributed by atoms with Crippen molar-refractivity contribution in [1.82, 2.24) is 4.90 Å². The van der Waals surface area contributed by atoms with Crippen LogP contribution < -0.4 is 4.74 Å². The minimum Gasteiger partial charge on any atom is -0.484 e. The molecule has 1 heterocycles. The number of amides is 2. The Hall–Kier alpha value is -3.43. The number of rotatable bonds is 5. The number of halogens is 3. The molecule has 0 fully saturated rings. The van der Waals surface area contributed by atoms with Crippen LogP contribution in [0.3, 0.4) is 0 Å². The second kappa shape index (κ2) is 6.71. The monoisotopic (exact) mass is 380 g/mol. The van der Waals surface area contributed by atoms with E-state index in [4.69, 9.17) is 0 Å². The number of nitro benzene ring substituents is 1. The largest absolute Gasteiger partial charge is 0.484 e. The highest BCUT2D eigenvalue weighted by molar-refractivity contribution is 6.23. The van der Waals surface area contributed by atoms with Crippen LogP contribution in [-0.2, 0) is 6.54 Å². The Morgan fingerprint density at radius 2 is 1.70 bits per heavy atom. The fourth-order valence-corrected chi connectivity index (χ4v) is 2.65. The van der Waals surface area contributed by atoms with Crippen LogP contribution in [0.5, 0.6) is 5.75 Å². The summed E-state index contributed by atoms with van der Waals surface area (Å²) >= 11 is 0. The molecule has 0 bridgehead atoms. The first-order valence-electron chi connectivity index (χ1n) is 7.59. The standard InChI is InChI=1S/C17H11F3N2O5/c18-17(19,20)9-27-11-6-4-10(5-7-11)8-21-15(23)12-2-1-3-13(22(25)26)14(12)16(21)24/h1-7H,8-9H2. The molecule has 0 saturated carbocycles. The molecule has 0 saturated heterocycles. The Balaban J connectivity index is 1.77. The van der Waals surface area contributed by atoms with Gasteiger partial charge in [0.05, 0.1) is 17.0 Å². The third kappa shape index (κ3) is 3.73. The third-order valence-electron chi connectivity index (χ3n) is 3.84. The fraction of sp³-hybridized carbons (Fsp3) is 0.176. The number of carbonyl (C=O) groups is 2. The maximum absolute atomic E-state index is 12.5. The average Bonchev–Trinajstić information content (AvgIpc) is 2.85. The molecule has 0 spiro atoms. The zero-order valence-electron chi connectivity index (χ0n) is 13.5. The van der Waals surface area contributed by atoms with Crippen LogP contribution in [0.1, 0.15) is 26.3 Å². The Kier molecular flexibility index (Phi) is 4.56. The van der Waals surface area contributed by atoms with E-state index < -0.39 is 35.2 Å². The van der Waals surface area contributed by atoms with Crippen molar-refractivity contribution in [3.63, 3.8) is 0 Å². The molecule has 2 aromatic carbocycles. The minimum absolute atomic E-state index is 0.0194. The van der Waals surface area contributed by atoms with Gasteiger partial charge in [0, 0.05) is 6.07 Å². The van der Waals surface area contributed by atoms with Gasteiger partial charge in [0.1, 0.15) is 11.3 Å². The molecule has 140 valence electrons. The molecule has 1 aliphatic rings. The van der Waals surface area contributed by atoms with Crippen LogP contribution in [0.2, 0.25) is 0 Å². The molecule has 1 aliphatic heterocycles. The molecule has 0 aromatic heterocycles. The van der Waals surface area contributed by atoms with Crippen molar-refractivity contribution in [3.05, 3.63) is 69.3 Å². The van der Waals surface area contributed by atoms with Crippen molar-refractivity contribution in [1.29, 1.82) is 0 Å². The van der Waals surface area contributed by atoms with Crippen LogP contribution >= 0.6 is 0 Å². The number of ether oxygens (including phenoxy) is 1. The number of hydrogen-bond donors (Lipinski definition) is 0. The van der Waals surface area contributed by atoms with E-state index in [0.29, 0.717) is 5.56 Å². The van der Waals surface area contributed by atoms with Gasteiger partial charge < -0.3 is 4.74 Å². The Labute approximate surface area is 150 Å². The first-order chi connectivity index (χ1) is 12.7. The fourth-order valence-electron chi connectivity index (χ4n) is 2.65. The van der Waals surface area contributed by atoms with E-state index in [-0.39, 0.29) is 23.4 Å². The van der Waals surface area contributed by atoms with Gasteiger partial charge in [-0.05, 0) is 23.8 Å². The Morgan fingerprint density at radius 3 is 2.30 bits per heavy atom. The number of benzene rings is 2. The summed E-state index contributed by atoms with van der Waals surface area (Å²) in [5.74, 6) is -1.48. The van der Waals surface area contributed by atoms with E-state index in [2.05, 4.69) is 4.74 Å². The summed E-state index contributed by atoms with van der Waals surface area (Å²) in [7, 11) is 0. The molecule has 7 nitrogen and oxygen atoms in total. The van der Waals surface area contributed by atoms with Gasteiger partial charge >= 0.3 is 6.18 Å². The van der Waals surface area contributed by atoms with E-state index in [1.54, 1.807) is 0 Å². The molecule has 0 N–H and O–H groups in total. The highest BCUT2D eigenvalue weighted by Gasteiger charge is 2.40. The van der Waals surface area contributed by atoms with Gasteiger partial charge in [0.15, 0.2) is 6.61 Å². The molecule has 0 radical (unpaired) electrons. The van der Waals surface area contributed by atoms with Gasteiger partial charge in [-0.25, -0.2) is 0 Å². The maximum Gasteiger partial charge on any atom is 0.422 e. The summed E-state index contributed by atoms with van der Waals surface area (Å²) in [6.07, 6.45) is -4.46. The molecule has 27 heavy (non-hydrogen) atoms. The van der Waals surface area contributed by atoms with Gasteiger partial charge in [-0.2, -0.15) is 13.2 Å². The van der Waals surface area contributed by atoms with Crippen molar-refractivity contribution >= 4 is 17.5 Å². The molecule has 0 unspecified atom stereocenters. The van der Waals surface area contributed by atoms with Gasteiger partial charge in [0.2, 0.25) is 0 Å². The molecular weight excluding hydrogens is 369 g/mol. The number of imide groups is 1. The second-order valence-corrected chi connectivity index (χ2v) is 5.70. The molecule has 0 aliphatic carbocycles. The van der Waals surface area contributed by atoms with E-state index in [9.17, 15) is 32.9 Å². The zero-order chi connectivity index (χ0) is 19.8. The predicted molar refractivity (Wildman–Crippen MR) is 85.3 cm³/mol. The topological polar surface area (TPSA) is 89.8 Å². The third-order valence-corrected chi connectivity index (χ3v) is 3.84. The quantitative estimate of drug-likeness (QED) is 0.451. The van der Waals surface area contributed by atoms with E-state index in [1.165, 1.54) is 36.4 Å². The smallest absolute Gasteiger partial charge is 0.422 e. The van der Waals surface area contributed by atoms with Crippen LogP contribution in [0, 0.1) is 10.1 Å². The van der Waals surface area contributed by atoms with Crippen LogP contribution in [0.4, 0.5) is 18.9 Å². The first-order valence-corrected chi connectivity index (χ1v) is 7.59. The summed E-state index contributed by atoms with van der Waals surface area (Å²) in [4.78, 5) is 36.1. The molecule has 2 amide bonds. The molecular formula is C17H11F3N2O5. The molecule has 3 rings (SSSR count). The minimum atomic E-state index is -4.46. The van der Waals surface area contributed by atoms with Crippen LogP contribution in [0.25, 0.3) is 0 Å². The Bertz CT molecular complexity index is 925. The van der Waals surface area contributed by atoms with Crippen LogP contribution in [0.15, 0.2) is 42.5 Å². The van der Waals surface area contributed by atoms with Crippen molar-refractivity contribution in [3.8, 4) is 5.75 Å². The predicted octanol–water partition coefficient (Wildman–Crippen LogP) is 3.33. The maximum atomic E-state index is 12.5. The van der Waals surface area contributed by atoms with Crippen molar-refractivity contribution in [2.24, 2.45) is 0 Å². The SMILES string of the molecule is O=C1c2cccc([N+](=O)[O-])c2C(=O)N1Cc1ccc(OCC(F)(F)F)cc1. The van der Waals surface area contributed by atoms with Crippen molar-refractivity contribution < 1.29 is 32.4 Å². The highest BCUT2D eigenvalue weighted by atomic mass is 19.4. The Morgan fingerprint density at radius 1 is 1.04 bits per heavy atom. The molecule has 10 heteroatoms.